The summed E-state index contributed by atoms with van der Waals surface area (Å²) in [6, 6.07) is 20.1. The minimum absolute atomic E-state index is 0.140. The van der Waals surface area contributed by atoms with Gasteiger partial charge in [-0.1, -0.05) is 54.6 Å². The number of hydrogen-bond acceptors (Lipinski definition) is 6. The van der Waals surface area contributed by atoms with E-state index >= 15 is 0 Å². The number of alkyl halides is 3. The molecule has 7 nitrogen and oxygen atoms in total. The Hall–Kier alpha value is -4.31. The molecule has 0 aliphatic carbocycles. The zero-order valence-corrected chi connectivity index (χ0v) is 22.4. The van der Waals surface area contributed by atoms with Crippen molar-refractivity contribution >= 4 is 5.91 Å². The molecule has 4 aromatic rings. The molecule has 0 atom stereocenters. The van der Waals surface area contributed by atoms with Crippen molar-refractivity contribution in [2.45, 2.75) is 32.4 Å². The zero-order chi connectivity index (χ0) is 28.7. The van der Waals surface area contributed by atoms with Gasteiger partial charge in [-0.05, 0) is 23.3 Å². The van der Waals surface area contributed by atoms with Crippen molar-refractivity contribution in [1.82, 2.24) is 14.8 Å². The van der Waals surface area contributed by atoms with Crippen LogP contribution in [0.5, 0.6) is 11.5 Å². The molecule has 4 rings (SSSR count). The lowest BCUT2D eigenvalue weighted by atomic mass is 10.1. The van der Waals surface area contributed by atoms with E-state index in [1.807, 2.05) is 41.3 Å². The van der Waals surface area contributed by atoms with Crippen molar-refractivity contribution in [2.75, 3.05) is 21.3 Å². The Kier molecular flexibility index (Phi) is 9.11. The second-order valence-electron chi connectivity index (χ2n) is 9.29. The molecule has 1 heterocycles. The molecule has 1 aromatic heterocycles. The van der Waals surface area contributed by atoms with E-state index < -0.39 is 11.7 Å². The van der Waals surface area contributed by atoms with Gasteiger partial charge in [-0.15, -0.1) is 0 Å². The van der Waals surface area contributed by atoms with Crippen LogP contribution >= 0.6 is 0 Å². The van der Waals surface area contributed by atoms with Crippen molar-refractivity contribution in [3.63, 3.8) is 0 Å². The fraction of sp³-hybridized carbons (Fsp3) is 0.267. The Morgan fingerprint density at radius 1 is 0.875 bits per heavy atom. The summed E-state index contributed by atoms with van der Waals surface area (Å²) in [5.41, 5.74) is 1.66. The number of ether oxygens (including phenoxy) is 2. The summed E-state index contributed by atoms with van der Waals surface area (Å²) in [6.07, 6.45) is -3.15. The summed E-state index contributed by atoms with van der Waals surface area (Å²) in [6.45, 7) is 1.02. The van der Waals surface area contributed by atoms with Crippen molar-refractivity contribution in [2.24, 2.45) is 0 Å². The van der Waals surface area contributed by atoms with Gasteiger partial charge in [0.1, 0.15) is 17.8 Å². The third-order valence-corrected chi connectivity index (χ3v) is 6.29. The summed E-state index contributed by atoms with van der Waals surface area (Å²) < 4.78 is 56.5. The molecule has 0 radical (unpaired) electrons. The predicted molar refractivity (Wildman–Crippen MR) is 143 cm³/mol. The molecule has 0 unspecified atom stereocenters. The largest absolute Gasteiger partial charge is 0.497 e. The van der Waals surface area contributed by atoms with E-state index in [9.17, 15) is 18.0 Å². The second-order valence-corrected chi connectivity index (χ2v) is 9.29. The first kappa shape index (κ1) is 28.7. The van der Waals surface area contributed by atoms with E-state index in [4.69, 9.17) is 13.9 Å². The van der Waals surface area contributed by atoms with Crippen LogP contribution in [-0.2, 0) is 32.4 Å². The van der Waals surface area contributed by atoms with Crippen LogP contribution in [0.3, 0.4) is 0 Å². The van der Waals surface area contributed by atoms with E-state index in [1.54, 1.807) is 37.3 Å². The van der Waals surface area contributed by atoms with Crippen LogP contribution < -0.4 is 9.47 Å². The number of rotatable bonds is 11. The SMILES string of the molecule is COc1ccc(CN(Cc2cccc(C(F)(F)F)c2)Cc2nc(C(=O)N(C)Cc3ccccc3)co2)c(OC)c1. The molecular formula is C30H30F3N3O4. The highest BCUT2D eigenvalue weighted by atomic mass is 19.4. The molecule has 0 aliphatic heterocycles. The fourth-order valence-electron chi connectivity index (χ4n) is 4.29. The van der Waals surface area contributed by atoms with Crippen molar-refractivity contribution in [3.05, 3.63) is 113 Å². The Morgan fingerprint density at radius 2 is 1.62 bits per heavy atom. The Bertz CT molecular complexity index is 1420. The summed E-state index contributed by atoms with van der Waals surface area (Å²) in [4.78, 5) is 20.8. The van der Waals surface area contributed by atoms with Crippen LogP contribution in [0.4, 0.5) is 13.2 Å². The molecule has 3 aromatic carbocycles. The van der Waals surface area contributed by atoms with E-state index in [0.29, 0.717) is 30.2 Å². The van der Waals surface area contributed by atoms with Gasteiger partial charge >= 0.3 is 6.18 Å². The average Bonchev–Trinajstić information content (AvgIpc) is 3.41. The van der Waals surface area contributed by atoms with Gasteiger partial charge in [0, 0.05) is 38.3 Å². The first-order chi connectivity index (χ1) is 19.2. The third kappa shape index (κ3) is 7.41. The number of halogens is 3. The summed E-state index contributed by atoms with van der Waals surface area (Å²) in [5.74, 6) is 1.13. The Balaban J connectivity index is 1.55. The molecule has 40 heavy (non-hydrogen) atoms. The van der Waals surface area contributed by atoms with E-state index in [2.05, 4.69) is 4.98 Å². The first-order valence-electron chi connectivity index (χ1n) is 12.5. The van der Waals surface area contributed by atoms with Gasteiger partial charge in [0.25, 0.3) is 5.91 Å². The normalized spacial score (nSPS) is 11.5. The molecule has 0 bridgehead atoms. The van der Waals surface area contributed by atoms with Gasteiger partial charge in [0.15, 0.2) is 5.69 Å². The van der Waals surface area contributed by atoms with Crippen molar-refractivity contribution in [3.8, 4) is 11.5 Å². The molecule has 10 heteroatoms. The number of carbonyl (C=O) groups is 1. The fourth-order valence-corrected chi connectivity index (χ4v) is 4.29. The molecule has 210 valence electrons. The molecule has 0 spiro atoms. The van der Waals surface area contributed by atoms with Gasteiger partial charge < -0.3 is 18.8 Å². The van der Waals surface area contributed by atoms with E-state index in [1.165, 1.54) is 19.4 Å². The van der Waals surface area contributed by atoms with Gasteiger partial charge in [-0.3, -0.25) is 9.69 Å². The summed E-state index contributed by atoms with van der Waals surface area (Å²) in [5, 5.41) is 0. The molecule has 0 aliphatic rings. The highest BCUT2D eigenvalue weighted by Gasteiger charge is 2.30. The maximum absolute atomic E-state index is 13.3. The van der Waals surface area contributed by atoms with Crippen LogP contribution in [0.2, 0.25) is 0 Å². The average molecular weight is 554 g/mol. The van der Waals surface area contributed by atoms with Gasteiger partial charge in [-0.25, -0.2) is 4.98 Å². The molecule has 0 saturated carbocycles. The topological polar surface area (TPSA) is 68.0 Å². The summed E-state index contributed by atoms with van der Waals surface area (Å²) in [7, 11) is 4.76. The third-order valence-electron chi connectivity index (χ3n) is 6.29. The number of nitrogens with zero attached hydrogens (tertiary/aromatic N) is 3. The minimum atomic E-state index is -4.45. The van der Waals surface area contributed by atoms with Crippen LogP contribution in [0, 0.1) is 0 Å². The molecule has 1 amide bonds. The minimum Gasteiger partial charge on any atom is -0.497 e. The van der Waals surface area contributed by atoms with Crippen LogP contribution in [-0.4, -0.2) is 42.0 Å². The molecular weight excluding hydrogens is 523 g/mol. The number of methoxy groups -OCH3 is 2. The first-order valence-corrected chi connectivity index (χ1v) is 12.5. The van der Waals surface area contributed by atoms with E-state index in [-0.39, 0.29) is 30.6 Å². The Labute approximate surface area is 230 Å². The van der Waals surface area contributed by atoms with E-state index in [0.717, 1.165) is 23.3 Å². The molecule has 0 saturated heterocycles. The number of hydrogen-bond donors (Lipinski definition) is 0. The lowest BCUT2D eigenvalue weighted by Crippen LogP contribution is -2.27. The number of amides is 1. The van der Waals surface area contributed by atoms with Crippen molar-refractivity contribution in [1.29, 1.82) is 0 Å². The number of carbonyl (C=O) groups excluding carboxylic acids is 1. The maximum atomic E-state index is 13.3. The van der Waals surface area contributed by atoms with Crippen LogP contribution in [0.1, 0.15) is 38.6 Å². The lowest BCUT2D eigenvalue weighted by Gasteiger charge is -2.23. The maximum Gasteiger partial charge on any atom is 0.416 e. The number of aromatic nitrogens is 1. The van der Waals surface area contributed by atoms with Gasteiger partial charge in [0.2, 0.25) is 5.89 Å². The standard InChI is InChI=1S/C30H30F3N3O4/c1-35(16-21-8-5-4-6-9-21)29(37)26-20-40-28(34-26)19-36(17-22-10-7-11-24(14-22)30(31,32)33)18-23-12-13-25(38-2)15-27(23)39-3/h4-15,20H,16-19H2,1-3H3. The Morgan fingerprint density at radius 3 is 2.33 bits per heavy atom. The monoisotopic (exact) mass is 553 g/mol. The predicted octanol–water partition coefficient (Wildman–Crippen LogP) is 6.19. The smallest absolute Gasteiger partial charge is 0.416 e. The number of oxazole rings is 1. The van der Waals surface area contributed by atoms with Crippen molar-refractivity contribution < 1.29 is 31.9 Å². The molecule has 0 N–H and O–H groups in total. The highest BCUT2D eigenvalue weighted by molar-refractivity contribution is 5.91. The van der Waals surface area contributed by atoms with Gasteiger partial charge in [0.05, 0.1) is 26.3 Å². The second kappa shape index (κ2) is 12.7. The summed E-state index contributed by atoms with van der Waals surface area (Å²) >= 11 is 0. The van der Waals surface area contributed by atoms with Gasteiger partial charge in [-0.2, -0.15) is 13.2 Å². The zero-order valence-electron chi connectivity index (χ0n) is 22.4. The quantitative estimate of drug-likeness (QED) is 0.221. The van der Waals surface area contributed by atoms with Crippen LogP contribution in [0.15, 0.2) is 83.5 Å². The van der Waals surface area contributed by atoms with Crippen LogP contribution in [0.25, 0.3) is 0 Å². The lowest BCUT2D eigenvalue weighted by molar-refractivity contribution is -0.137. The highest BCUT2D eigenvalue weighted by Crippen LogP contribution is 2.31. The number of benzene rings is 3. The molecule has 0 fully saturated rings.